The zero-order valence-corrected chi connectivity index (χ0v) is 18.9. The van der Waals surface area contributed by atoms with E-state index in [4.69, 9.17) is 4.42 Å². The van der Waals surface area contributed by atoms with E-state index in [0.29, 0.717) is 30.0 Å². The molecule has 1 atom stereocenters. The predicted octanol–water partition coefficient (Wildman–Crippen LogP) is 5.67. The van der Waals surface area contributed by atoms with Gasteiger partial charge in [-0.15, -0.1) is 0 Å². The maximum absolute atomic E-state index is 12.2. The molecule has 0 spiro atoms. The molecule has 1 saturated carbocycles. The summed E-state index contributed by atoms with van der Waals surface area (Å²) in [5.74, 6) is 1.18. The number of nitrogens with one attached hydrogen (secondary N) is 2. The third-order valence-corrected chi connectivity index (χ3v) is 6.52. The second-order valence-corrected chi connectivity index (χ2v) is 8.72. The number of amides is 1. The van der Waals surface area contributed by atoms with Gasteiger partial charge in [-0.3, -0.25) is 4.79 Å². The Morgan fingerprint density at radius 2 is 1.94 bits per heavy atom. The van der Waals surface area contributed by atoms with Crippen molar-refractivity contribution in [3.63, 3.8) is 0 Å². The molecule has 1 heterocycles. The zero-order chi connectivity index (χ0) is 23.2. The topological polar surface area (TPSA) is 95.1 Å². The molecule has 0 saturated heterocycles. The third-order valence-electron chi connectivity index (χ3n) is 6.52. The Labute approximate surface area is 194 Å². The number of rotatable bonds is 8. The number of fused-ring (bicyclic) bond motifs is 1. The highest BCUT2D eigenvalue weighted by Gasteiger charge is 2.30. The van der Waals surface area contributed by atoms with Crippen molar-refractivity contribution in [2.45, 2.75) is 51.5 Å². The Hall–Kier alpha value is -3.59. The number of furan rings is 1. The summed E-state index contributed by atoms with van der Waals surface area (Å²) < 4.78 is 6.34. The van der Waals surface area contributed by atoms with E-state index in [0.717, 1.165) is 47.1 Å². The molecule has 4 rings (SSSR count). The molecule has 1 unspecified atom stereocenters. The molecule has 1 aliphatic carbocycles. The van der Waals surface area contributed by atoms with Crippen molar-refractivity contribution >= 4 is 28.8 Å². The number of nitrogens with zero attached hydrogens (tertiary/aromatic N) is 1. The maximum Gasteiger partial charge on any atom is 0.251 e. The smallest absolute Gasteiger partial charge is 0.251 e. The average molecular weight is 444 g/mol. The number of aldehydes is 1. The van der Waals surface area contributed by atoms with Gasteiger partial charge < -0.3 is 19.8 Å². The Bertz CT molecular complexity index is 1170. The number of carbonyl (C=O) groups excluding carboxylic acids is 2. The fraction of sp³-hybridized carbons (Fsp3) is 0.370. The van der Waals surface area contributed by atoms with Crippen LogP contribution in [-0.2, 0) is 4.79 Å². The second-order valence-electron chi connectivity index (χ2n) is 8.72. The van der Waals surface area contributed by atoms with Crippen LogP contribution < -0.4 is 10.6 Å². The first kappa shape index (κ1) is 22.6. The molecule has 1 fully saturated rings. The molecule has 6 heteroatoms. The largest absolute Gasteiger partial charge is 0.459 e. The molecule has 1 aliphatic rings. The number of anilines is 1. The molecule has 0 aliphatic heterocycles. The number of benzene rings is 2. The first-order valence-electron chi connectivity index (χ1n) is 11.6. The van der Waals surface area contributed by atoms with Crippen LogP contribution in [-0.4, -0.2) is 18.7 Å². The molecular weight excluding hydrogens is 414 g/mol. The molecule has 0 radical (unpaired) electrons. The van der Waals surface area contributed by atoms with Gasteiger partial charge in [0.1, 0.15) is 17.6 Å². The van der Waals surface area contributed by atoms with Crippen molar-refractivity contribution < 1.29 is 14.0 Å². The Morgan fingerprint density at radius 1 is 1.18 bits per heavy atom. The second kappa shape index (κ2) is 10.4. The highest BCUT2D eigenvalue weighted by molar-refractivity contribution is 5.94. The van der Waals surface area contributed by atoms with Crippen molar-refractivity contribution in [1.29, 1.82) is 5.26 Å². The first-order valence-corrected chi connectivity index (χ1v) is 11.6. The van der Waals surface area contributed by atoms with E-state index in [2.05, 4.69) is 23.6 Å². The van der Waals surface area contributed by atoms with E-state index in [1.807, 2.05) is 24.3 Å². The van der Waals surface area contributed by atoms with Crippen LogP contribution in [0.4, 0.5) is 5.69 Å². The maximum atomic E-state index is 12.2. The van der Waals surface area contributed by atoms with Crippen molar-refractivity contribution in [3.8, 4) is 6.07 Å². The molecule has 6 nitrogen and oxygen atoms in total. The zero-order valence-electron chi connectivity index (χ0n) is 18.9. The van der Waals surface area contributed by atoms with Crippen molar-refractivity contribution in [2.24, 2.45) is 5.92 Å². The van der Waals surface area contributed by atoms with Crippen molar-refractivity contribution in [3.05, 3.63) is 64.9 Å². The summed E-state index contributed by atoms with van der Waals surface area (Å²) >= 11 is 0. The van der Waals surface area contributed by atoms with Crippen LogP contribution in [0, 0.1) is 24.2 Å². The first-order chi connectivity index (χ1) is 16.1. The monoisotopic (exact) mass is 443 g/mol. The molecule has 0 bridgehead atoms. The van der Waals surface area contributed by atoms with Gasteiger partial charge in [-0.1, -0.05) is 19.3 Å². The van der Waals surface area contributed by atoms with Gasteiger partial charge in [0.2, 0.25) is 0 Å². The van der Waals surface area contributed by atoms with E-state index in [1.165, 1.54) is 19.3 Å². The van der Waals surface area contributed by atoms with E-state index in [1.54, 1.807) is 18.2 Å². The Kier molecular flexibility index (Phi) is 7.09. The van der Waals surface area contributed by atoms with Gasteiger partial charge >= 0.3 is 0 Å². The van der Waals surface area contributed by atoms with Gasteiger partial charge in [0.25, 0.3) is 5.91 Å². The standard InChI is InChI=1S/C27H29N3O3/c1-18-23-16-19(17-28)8-13-24(23)33-26(18)25(20-6-3-2-4-7-20)30-22-11-9-21(10-12-22)27(32)29-14-5-15-31/h8-13,15-16,20,25,30H,2-7,14H2,1H3,(H,29,32). The average Bonchev–Trinajstić information content (AvgIpc) is 3.18. The SMILES string of the molecule is Cc1c(C(Nc2ccc(C(=O)NCCC=O)cc2)C2CCCCC2)oc2ccc(C#N)cc12. The summed E-state index contributed by atoms with van der Waals surface area (Å²) in [6.07, 6.45) is 7.05. The van der Waals surface area contributed by atoms with Crippen LogP contribution in [0.15, 0.2) is 46.9 Å². The number of aryl methyl sites for hydroxylation is 1. The van der Waals surface area contributed by atoms with E-state index < -0.39 is 0 Å². The van der Waals surface area contributed by atoms with E-state index in [9.17, 15) is 14.9 Å². The van der Waals surface area contributed by atoms with Crippen molar-refractivity contribution in [2.75, 3.05) is 11.9 Å². The van der Waals surface area contributed by atoms with Crippen LogP contribution in [0.1, 0.15) is 71.8 Å². The van der Waals surface area contributed by atoms with Gasteiger partial charge in [-0.05, 0) is 68.1 Å². The lowest BCUT2D eigenvalue weighted by molar-refractivity contribution is -0.107. The molecule has 170 valence electrons. The van der Waals surface area contributed by atoms with E-state index >= 15 is 0 Å². The normalized spacial score (nSPS) is 15.0. The number of hydrogen-bond acceptors (Lipinski definition) is 5. The van der Waals surface area contributed by atoms with Gasteiger partial charge in [0.15, 0.2) is 0 Å². The molecule has 33 heavy (non-hydrogen) atoms. The summed E-state index contributed by atoms with van der Waals surface area (Å²) in [6, 6.07) is 15.2. The van der Waals surface area contributed by atoms with Gasteiger partial charge in [0, 0.05) is 35.2 Å². The number of carbonyl (C=O) groups is 2. The van der Waals surface area contributed by atoms with Gasteiger partial charge in [-0.2, -0.15) is 5.26 Å². The fourth-order valence-corrected chi connectivity index (χ4v) is 4.72. The molecule has 2 N–H and O–H groups in total. The van der Waals surface area contributed by atoms with Gasteiger partial charge in [-0.25, -0.2) is 0 Å². The Balaban J connectivity index is 1.60. The minimum Gasteiger partial charge on any atom is -0.459 e. The molecule has 2 aromatic carbocycles. The molecule has 3 aromatic rings. The molecule has 1 aromatic heterocycles. The summed E-state index contributed by atoms with van der Waals surface area (Å²) in [4.78, 5) is 22.7. The summed E-state index contributed by atoms with van der Waals surface area (Å²) in [6.45, 7) is 2.40. The lowest BCUT2D eigenvalue weighted by atomic mass is 9.82. The summed E-state index contributed by atoms with van der Waals surface area (Å²) in [7, 11) is 0. The highest BCUT2D eigenvalue weighted by atomic mass is 16.3. The lowest BCUT2D eigenvalue weighted by Crippen LogP contribution is -2.25. The minimum atomic E-state index is -0.186. The molecule has 1 amide bonds. The fourth-order valence-electron chi connectivity index (χ4n) is 4.72. The van der Waals surface area contributed by atoms with Crippen LogP contribution in [0.25, 0.3) is 11.0 Å². The van der Waals surface area contributed by atoms with Crippen LogP contribution in [0.3, 0.4) is 0 Å². The predicted molar refractivity (Wildman–Crippen MR) is 128 cm³/mol. The third kappa shape index (κ3) is 5.09. The van der Waals surface area contributed by atoms with Crippen molar-refractivity contribution in [1.82, 2.24) is 5.32 Å². The van der Waals surface area contributed by atoms with Gasteiger partial charge in [0.05, 0.1) is 17.7 Å². The number of hydrogen-bond donors (Lipinski definition) is 2. The van der Waals surface area contributed by atoms with Crippen LogP contribution in [0.2, 0.25) is 0 Å². The summed E-state index contributed by atoms with van der Waals surface area (Å²) in [5, 5.41) is 16.7. The summed E-state index contributed by atoms with van der Waals surface area (Å²) in [5.41, 5.74) is 3.97. The minimum absolute atomic E-state index is 0.00973. The van der Waals surface area contributed by atoms with Crippen LogP contribution >= 0.6 is 0 Å². The lowest BCUT2D eigenvalue weighted by Gasteiger charge is -2.31. The quantitative estimate of drug-likeness (QED) is 0.346. The number of nitriles is 1. The van der Waals surface area contributed by atoms with Crippen LogP contribution in [0.5, 0.6) is 0 Å². The Morgan fingerprint density at radius 3 is 2.64 bits per heavy atom. The molecular formula is C27H29N3O3. The highest BCUT2D eigenvalue weighted by Crippen LogP contribution is 2.41. The van der Waals surface area contributed by atoms with E-state index in [-0.39, 0.29) is 11.9 Å².